The van der Waals surface area contributed by atoms with Crippen LogP contribution in [0.15, 0.2) is 24.3 Å². The molecule has 0 aliphatic carbocycles. The molecule has 0 amide bonds. The number of hydrogen-bond donors (Lipinski definition) is 2. The molecule has 4 heteroatoms. The largest absolute Gasteiger partial charge is 0.462 e. The van der Waals surface area contributed by atoms with Crippen molar-refractivity contribution in [1.29, 1.82) is 0 Å². The Labute approximate surface area is 101 Å². The van der Waals surface area contributed by atoms with Gasteiger partial charge in [0.1, 0.15) is 5.69 Å². The molecule has 0 saturated carbocycles. The summed E-state index contributed by atoms with van der Waals surface area (Å²) in [6, 6.07) is 7.32. The van der Waals surface area contributed by atoms with Gasteiger partial charge >= 0.3 is 5.97 Å². The molecule has 4 nitrogen and oxygen atoms in total. The number of anilines is 1. The van der Waals surface area contributed by atoms with Crippen molar-refractivity contribution in [3.8, 4) is 0 Å². The molecule has 2 rings (SSSR count). The molecule has 0 radical (unpaired) electrons. The van der Waals surface area contributed by atoms with Crippen LogP contribution in [0.4, 0.5) is 5.69 Å². The highest BCUT2D eigenvalue weighted by Crippen LogP contribution is 2.11. The van der Waals surface area contributed by atoms with Gasteiger partial charge in [-0.15, -0.1) is 0 Å². The molecule has 0 fully saturated rings. The van der Waals surface area contributed by atoms with E-state index in [9.17, 15) is 4.79 Å². The Kier molecular flexibility index (Phi) is 3.75. The first-order valence-electron chi connectivity index (χ1n) is 5.93. The van der Waals surface area contributed by atoms with E-state index in [0.29, 0.717) is 12.2 Å². The fraction of sp³-hybridized carbons (Fsp3) is 0.385. The summed E-state index contributed by atoms with van der Waals surface area (Å²) in [6.45, 7) is 3.24. The van der Waals surface area contributed by atoms with Crippen molar-refractivity contribution in [1.82, 2.24) is 0 Å². The SMILES string of the molecule is CCOC(=O)c1ccc(NC2=[NH+]CCC2)cc1. The molecule has 2 N–H and O–H groups in total. The topological polar surface area (TPSA) is 52.3 Å². The van der Waals surface area contributed by atoms with Crippen LogP contribution in [-0.2, 0) is 4.74 Å². The Morgan fingerprint density at radius 1 is 1.41 bits per heavy atom. The highest BCUT2D eigenvalue weighted by Gasteiger charge is 2.13. The second-order valence-electron chi connectivity index (χ2n) is 3.93. The van der Waals surface area contributed by atoms with E-state index in [-0.39, 0.29) is 5.97 Å². The number of carbonyl (C=O) groups excluding carboxylic acids is 1. The molecule has 0 atom stereocenters. The van der Waals surface area contributed by atoms with Gasteiger partial charge in [0.2, 0.25) is 5.84 Å². The highest BCUT2D eigenvalue weighted by molar-refractivity contribution is 5.93. The van der Waals surface area contributed by atoms with Crippen LogP contribution in [0.25, 0.3) is 0 Å². The lowest BCUT2D eigenvalue weighted by molar-refractivity contribution is -0.447. The van der Waals surface area contributed by atoms with Crippen LogP contribution in [0.1, 0.15) is 30.1 Å². The highest BCUT2D eigenvalue weighted by atomic mass is 16.5. The number of carbonyl (C=O) groups is 1. The Bertz CT molecular complexity index is 424. The molecule has 0 saturated heterocycles. The Balaban J connectivity index is 1.99. The van der Waals surface area contributed by atoms with Crippen molar-refractivity contribution < 1.29 is 14.5 Å². The van der Waals surface area contributed by atoms with Gasteiger partial charge in [-0.3, -0.25) is 4.99 Å². The van der Waals surface area contributed by atoms with Gasteiger partial charge in [-0.05, 0) is 37.6 Å². The van der Waals surface area contributed by atoms with Gasteiger partial charge in [0.05, 0.1) is 25.1 Å². The molecular formula is C13H17N2O2+. The molecule has 1 heterocycles. The van der Waals surface area contributed by atoms with E-state index in [2.05, 4.69) is 10.3 Å². The average molecular weight is 233 g/mol. The number of amidine groups is 1. The summed E-state index contributed by atoms with van der Waals surface area (Å²) in [5.74, 6) is 0.875. The van der Waals surface area contributed by atoms with Crippen LogP contribution < -0.4 is 10.3 Å². The lowest BCUT2D eigenvalue weighted by atomic mass is 10.2. The molecule has 1 aromatic carbocycles. The smallest absolute Gasteiger partial charge is 0.338 e. The summed E-state index contributed by atoms with van der Waals surface area (Å²) in [4.78, 5) is 14.7. The zero-order chi connectivity index (χ0) is 12.1. The molecule has 0 unspecified atom stereocenters. The van der Waals surface area contributed by atoms with Gasteiger partial charge in [-0.25, -0.2) is 10.1 Å². The van der Waals surface area contributed by atoms with Crippen molar-refractivity contribution in [2.45, 2.75) is 19.8 Å². The maximum absolute atomic E-state index is 11.4. The standard InChI is InChI=1S/C13H16N2O2/c1-2-17-13(16)10-5-7-11(8-6-10)15-12-4-3-9-14-12/h5-8H,2-4,9H2,1H3,(H,14,15)/p+1. The normalized spacial score (nSPS) is 14.3. The number of benzene rings is 1. The van der Waals surface area contributed by atoms with Crippen molar-refractivity contribution in [2.24, 2.45) is 0 Å². The summed E-state index contributed by atoms with van der Waals surface area (Å²) in [5.41, 5.74) is 1.57. The summed E-state index contributed by atoms with van der Waals surface area (Å²) >= 11 is 0. The van der Waals surface area contributed by atoms with E-state index in [4.69, 9.17) is 4.74 Å². The number of rotatable bonds is 3. The Morgan fingerprint density at radius 2 is 2.18 bits per heavy atom. The lowest BCUT2D eigenvalue weighted by Gasteiger charge is -2.02. The second kappa shape index (κ2) is 5.48. The third kappa shape index (κ3) is 3.06. The van der Waals surface area contributed by atoms with Gasteiger partial charge < -0.3 is 4.74 Å². The van der Waals surface area contributed by atoms with E-state index in [1.54, 1.807) is 19.1 Å². The molecular weight excluding hydrogens is 216 g/mol. The summed E-state index contributed by atoms with van der Waals surface area (Å²) in [6.07, 6.45) is 2.23. The maximum Gasteiger partial charge on any atom is 0.338 e. The van der Waals surface area contributed by atoms with Crippen LogP contribution in [0, 0.1) is 0 Å². The van der Waals surface area contributed by atoms with Crippen molar-refractivity contribution in [3.63, 3.8) is 0 Å². The summed E-state index contributed by atoms with van der Waals surface area (Å²) in [5, 5.41) is 3.29. The zero-order valence-corrected chi connectivity index (χ0v) is 9.95. The molecule has 0 aromatic heterocycles. The predicted molar refractivity (Wildman–Crippen MR) is 66.1 cm³/mol. The number of ether oxygens (including phenoxy) is 1. The molecule has 1 aliphatic heterocycles. The van der Waals surface area contributed by atoms with Crippen LogP contribution in [-0.4, -0.2) is 25.0 Å². The Hall–Kier alpha value is -1.84. The molecule has 90 valence electrons. The zero-order valence-electron chi connectivity index (χ0n) is 9.95. The second-order valence-corrected chi connectivity index (χ2v) is 3.93. The van der Waals surface area contributed by atoms with E-state index < -0.39 is 0 Å². The quantitative estimate of drug-likeness (QED) is 0.750. The fourth-order valence-electron chi connectivity index (χ4n) is 1.78. The van der Waals surface area contributed by atoms with E-state index in [1.165, 1.54) is 6.42 Å². The van der Waals surface area contributed by atoms with Crippen molar-refractivity contribution >= 4 is 17.5 Å². The number of esters is 1. The number of nitrogens with one attached hydrogen (secondary N) is 2. The Morgan fingerprint density at radius 3 is 2.76 bits per heavy atom. The molecule has 0 spiro atoms. The third-order valence-electron chi connectivity index (χ3n) is 2.63. The summed E-state index contributed by atoms with van der Waals surface area (Å²) < 4.78 is 4.92. The maximum atomic E-state index is 11.4. The molecule has 17 heavy (non-hydrogen) atoms. The minimum absolute atomic E-state index is 0.273. The first-order chi connectivity index (χ1) is 8.29. The van der Waals surface area contributed by atoms with Crippen LogP contribution in [0.2, 0.25) is 0 Å². The lowest BCUT2D eigenvalue weighted by Crippen LogP contribution is -2.70. The van der Waals surface area contributed by atoms with E-state index in [1.807, 2.05) is 12.1 Å². The van der Waals surface area contributed by atoms with Crippen LogP contribution in [0.3, 0.4) is 0 Å². The van der Waals surface area contributed by atoms with Gasteiger partial charge in [-0.2, -0.15) is 0 Å². The molecule has 0 bridgehead atoms. The monoisotopic (exact) mass is 233 g/mol. The van der Waals surface area contributed by atoms with Gasteiger partial charge in [-0.1, -0.05) is 0 Å². The van der Waals surface area contributed by atoms with E-state index in [0.717, 1.165) is 24.5 Å². The minimum Gasteiger partial charge on any atom is -0.462 e. The van der Waals surface area contributed by atoms with Gasteiger partial charge in [0, 0.05) is 0 Å². The summed E-state index contributed by atoms with van der Waals surface area (Å²) in [7, 11) is 0. The van der Waals surface area contributed by atoms with E-state index >= 15 is 0 Å². The van der Waals surface area contributed by atoms with Gasteiger partial charge in [0.25, 0.3) is 0 Å². The number of hydrogen-bond acceptors (Lipinski definition) is 3. The minimum atomic E-state index is -0.273. The molecule has 1 aromatic rings. The first-order valence-corrected chi connectivity index (χ1v) is 5.93. The van der Waals surface area contributed by atoms with Crippen molar-refractivity contribution in [2.75, 3.05) is 18.5 Å². The van der Waals surface area contributed by atoms with Crippen LogP contribution in [0.5, 0.6) is 0 Å². The van der Waals surface area contributed by atoms with Crippen LogP contribution >= 0.6 is 0 Å². The van der Waals surface area contributed by atoms with Crippen molar-refractivity contribution in [3.05, 3.63) is 29.8 Å². The molecule has 1 aliphatic rings. The fourth-order valence-corrected chi connectivity index (χ4v) is 1.78. The first kappa shape index (κ1) is 11.6. The predicted octanol–water partition coefficient (Wildman–Crippen LogP) is 0.548. The van der Waals surface area contributed by atoms with Gasteiger partial charge in [0.15, 0.2) is 0 Å². The third-order valence-corrected chi connectivity index (χ3v) is 2.63. The average Bonchev–Trinajstić information content (AvgIpc) is 2.83.